The Hall–Kier alpha value is 0.286. The molecule has 0 fully saturated rings. The normalized spacial score (nSPS) is 12.0. The Bertz CT molecular complexity index is 624. The number of benzene rings is 1. The second-order valence-corrected chi connectivity index (χ2v) is 6.26. The molecule has 0 aliphatic carbocycles. The molecule has 0 amide bonds. The number of hydrogen-bond donors (Lipinski definition) is 4. The van der Waals surface area contributed by atoms with Gasteiger partial charge in [0.15, 0.2) is 5.75 Å². The van der Waals surface area contributed by atoms with Crippen molar-refractivity contribution in [2.75, 3.05) is 19.9 Å². The van der Waals surface area contributed by atoms with E-state index in [1.807, 2.05) is 5.32 Å². The number of ether oxygens (including phenoxy) is 1. The van der Waals surface area contributed by atoms with Crippen LogP contribution >= 0.6 is 30.8 Å². The molecule has 4 N–H and O–H groups in total. The molecule has 0 bridgehead atoms. The molecule has 9 nitrogen and oxygen atoms in total. The number of nitrogens with one attached hydrogen (secondary N) is 1. The quantitative estimate of drug-likeness (QED) is 0.294. The maximum atomic E-state index is 10.7. The number of rotatable bonds is 6. The molecular weight excluding hydrogens is 415 g/mol. The van der Waals surface area contributed by atoms with Crippen molar-refractivity contribution in [1.82, 2.24) is 5.32 Å². The number of methoxy groups -OCH3 is 1. The fourth-order valence-electron chi connectivity index (χ4n) is 1.24. The van der Waals surface area contributed by atoms with E-state index in [0.717, 1.165) is 0 Å². The molecule has 130 valence electrons. The third-order valence-corrected chi connectivity index (χ3v) is 3.30. The van der Waals surface area contributed by atoms with Crippen molar-refractivity contribution in [2.24, 2.45) is 0 Å². The van der Waals surface area contributed by atoms with Gasteiger partial charge in [0.1, 0.15) is 13.2 Å². The Kier molecular flexibility index (Phi) is 13.9. The van der Waals surface area contributed by atoms with Crippen molar-refractivity contribution in [3.05, 3.63) is 27.7 Å². The fourth-order valence-corrected chi connectivity index (χ4v) is 2.09. The van der Waals surface area contributed by atoms with Gasteiger partial charge in [0.05, 0.1) is 30.0 Å². The molecule has 0 aromatic heterocycles. The first-order chi connectivity index (χ1) is 10.5. The average molecular weight is 428 g/mol. The molecule has 0 aliphatic rings. The molecule has 1 atom stereocenters. The van der Waals surface area contributed by atoms with E-state index in [1.165, 1.54) is 19.2 Å². The Morgan fingerprint density at radius 1 is 1.29 bits per heavy atom. The number of aliphatic carboxylic acids is 1. The van der Waals surface area contributed by atoms with Crippen LogP contribution in [0.5, 0.6) is 5.75 Å². The van der Waals surface area contributed by atoms with Crippen LogP contribution in [0.15, 0.2) is 12.1 Å². The number of carbonyl (C=O) groups is 2. The SMILES string of the molecule is COc1c(Cl)ccc(Cl)c1C(=O)O.O=C(O)CNCP(=O)([O-])O.[K+]. The third-order valence-electron chi connectivity index (χ3n) is 2.06. The van der Waals surface area contributed by atoms with Crippen LogP contribution in [-0.2, 0) is 9.36 Å². The van der Waals surface area contributed by atoms with Crippen LogP contribution in [0.4, 0.5) is 0 Å². The summed E-state index contributed by atoms with van der Waals surface area (Å²) in [7, 11) is -3.01. The van der Waals surface area contributed by atoms with Gasteiger partial charge in [-0.15, -0.1) is 0 Å². The van der Waals surface area contributed by atoms with Crippen LogP contribution in [0, 0.1) is 0 Å². The summed E-state index contributed by atoms with van der Waals surface area (Å²) in [6.45, 7) is -0.479. The summed E-state index contributed by atoms with van der Waals surface area (Å²) in [6.07, 6.45) is -0.709. The summed E-state index contributed by atoms with van der Waals surface area (Å²) < 4.78 is 14.8. The van der Waals surface area contributed by atoms with Crippen LogP contribution < -0.4 is 66.3 Å². The zero-order valence-electron chi connectivity index (χ0n) is 12.7. The third kappa shape index (κ3) is 11.0. The van der Waals surface area contributed by atoms with Crippen molar-refractivity contribution in [3.8, 4) is 5.75 Å². The van der Waals surface area contributed by atoms with Crippen molar-refractivity contribution >= 4 is 42.7 Å². The van der Waals surface area contributed by atoms with E-state index in [-0.39, 0.29) is 72.7 Å². The van der Waals surface area contributed by atoms with Gasteiger partial charge >= 0.3 is 63.3 Å². The second kappa shape index (κ2) is 12.6. The molecule has 0 saturated carbocycles. The number of carboxylic acid groups (broad SMARTS) is 2. The molecule has 0 radical (unpaired) electrons. The van der Waals surface area contributed by atoms with Gasteiger partial charge in [-0.25, -0.2) is 4.79 Å². The number of hydrogen-bond acceptors (Lipinski definition) is 6. The standard InChI is InChI=1S/C8H6Cl2O3.C3H8NO5P.K/c1-13-7-5(10)3-2-4(9)6(7)8(11)12;5-3(6)1-4-2-10(7,8)9;/h2-3H,1H3,(H,11,12);4H,1-2H2,(H,5,6)(H2,7,8,9);/q;;+1/p-1. The van der Waals surface area contributed by atoms with Gasteiger partial charge in [-0.3, -0.25) is 10.1 Å². The van der Waals surface area contributed by atoms with E-state index in [9.17, 15) is 19.0 Å². The van der Waals surface area contributed by atoms with E-state index < -0.39 is 32.4 Å². The van der Waals surface area contributed by atoms with E-state index in [2.05, 4.69) is 0 Å². The van der Waals surface area contributed by atoms with E-state index in [4.69, 9.17) is 43.0 Å². The summed E-state index contributed by atoms with van der Waals surface area (Å²) in [5.74, 6) is -2.25. The summed E-state index contributed by atoms with van der Waals surface area (Å²) in [5, 5.41) is 19.1. The number of halogens is 2. The molecule has 24 heavy (non-hydrogen) atoms. The monoisotopic (exact) mass is 427 g/mol. The summed E-state index contributed by atoms with van der Waals surface area (Å²) in [4.78, 5) is 38.5. The van der Waals surface area contributed by atoms with E-state index in [1.54, 1.807) is 0 Å². The minimum atomic E-state index is -4.35. The predicted molar refractivity (Wildman–Crippen MR) is 80.3 cm³/mol. The average Bonchev–Trinajstić information content (AvgIpc) is 2.39. The molecule has 0 aliphatic heterocycles. The van der Waals surface area contributed by atoms with Gasteiger partial charge in [-0.1, -0.05) is 23.2 Å². The molecule has 1 rings (SSSR count). The van der Waals surface area contributed by atoms with Crippen LogP contribution in [0.3, 0.4) is 0 Å². The van der Waals surface area contributed by atoms with Crippen LogP contribution in [0.2, 0.25) is 10.0 Å². The van der Waals surface area contributed by atoms with Gasteiger partial charge < -0.3 is 29.3 Å². The van der Waals surface area contributed by atoms with Gasteiger partial charge in [-0.2, -0.15) is 0 Å². The Balaban J connectivity index is 0. The fraction of sp³-hybridized carbons (Fsp3) is 0.273. The van der Waals surface area contributed by atoms with Crippen LogP contribution in [0.25, 0.3) is 0 Å². The minimum absolute atomic E-state index is 0. The summed E-state index contributed by atoms with van der Waals surface area (Å²) >= 11 is 11.4. The Morgan fingerprint density at radius 2 is 1.79 bits per heavy atom. The number of aromatic carboxylic acids is 1. The van der Waals surface area contributed by atoms with E-state index >= 15 is 0 Å². The molecule has 0 heterocycles. The van der Waals surface area contributed by atoms with Gasteiger partial charge in [-0.05, 0) is 12.1 Å². The van der Waals surface area contributed by atoms with Crippen molar-refractivity contribution < 1.29 is 90.3 Å². The van der Waals surface area contributed by atoms with Crippen molar-refractivity contribution in [3.63, 3.8) is 0 Å². The van der Waals surface area contributed by atoms with E-state index in [0.29, 0.717) is 0 Å². The van der Waals surface area contributed by atoms with Gasteiger partial charge in [0.2, 0.25) is 0 Å². The second-order valence-electron chi connectivity index (χ2n) is 3.86. The first kappa shape index (κ1) is 26.5. The molecule has 1 aromatic rings. The summed E-state index contributed by atoms with van der Waals surface area (Å²) in [6, 6.07) is 2.89. The first-order valence-electron chi connectivity index (χ1n) is 5.70. The zero-order chi connectivity index (χ0) is 18.2. The topological polar surface area (TPSA) is 156 Å². The van der Waals surface area contributed by atoms with Crippen molar-refractivity contribution in [2.45, 2.75) is 0 Å². The maximum Gasteiger partial charge on any atom is 1.00 e. The minimum Gasteiger partial charge on any atom is -0.778 e. The number of carboxylic acids is 2. The molecule has 1 unspecified atom stereocenters. The molecule has 13 heteroatoms. The van der Waals surface area contributed by atoms with Crippen LogP contribution in [-0.4, -0.2) is 47.0 Å². The molecule has 0 spiro atoms. The van der Waals surface area contributed by atoms with Gasteiger partial charge in [0, 0.05) is 0 Å². The van der Waals surface area contributed by atoms with Crippen molar-refractivity contribution in [1.29, 1.82) is 0 Å². The Labute approximate surface area is 189 Å². The Morgan fingerprint density at radius 3 is 2.12 bits per heavy atom. The molecular formula is C11H13Cl2KNO8P. The first-order valence-corrected chi connectivity index (χ1v) is 8.22. The molecule has 0 saturated heterocycles. The maximum absolute atomic E-state index is 10.7. The summed E-state index contributed by atoms with van der Waals surface area (Å²) in [5.41, 5.74) is -0.114. The largest absolute Gasteiger partial charge is 1.00 e. The predicted octanol–water partition coefficient (Wildman–Crippen LogP) is -2.13. The smallest absolute Gasteiger partial charge is 0.778 e. The van der Waals surface area contributed by atoms with Crippen LogP contribution in [0.1, 0.15) is 10.4 Å². The molecule has 1 aromatic carbocycles. The van der Waals surface area contributed by atoms with Gasteiger partial charge in [0.25, 0.3) is 0 Å². The zero-order valence-corrected chi connectivity index (χ0v) is 18.2.